The Balaban J connectivity index is 2.13. The number of unbranched alkanes of at least 4 members (excludes halogenated alkanes) is 1. The lowest BCUT2D eigenvalue weighted by atomic mass is 10.2. The fraction of sp³-hybridized carbons (Fsp3) is 0.222. The molecule has 2 rings (SSSR count). The highest BCUT2D eigenvalue weighted by Gasteiger charge is 2.12. The Kier molecular flexibility index (Phi) is 6.02. The number of carbonyl (C=O) groups is 1. The molecule has 5 heteroatoms. The van der Waals surface area contributed by atoms with Crippen molar-refractivity contribution in [3.05, 3.63) is 52.8 Å². The molecule has 2 aromatic rings. The molecule has 0 unspecified atom stereocenters. The van der Waals surface area contributed by atoms with Gasteiger partial charge < -0.3 is 9.15 Å². The minimum atomic E-state index is -0.634. The number of benzene rings is 1. The Hall–Kier alpha value is -2.51. The van der Waals surface area contributed by atoms with Gasteiger partial charge in [0.2, 0.25) is 0 Å². The lowest BCUT2D eigenvalue weighted by Crippen LogP contribution is -2.07. The second-order valence-corrected chi connectivity index (χ2v) is 5.30. The molecule has 0 bridgehead atoms. The zero-order chi connectivity index (χ0) is 16.7. The molecule has 0 amide bonds. The van der Waals surface area contributed by atoms with Gasteiger partial charge in [-0.05, 0) is 42.8 Å². The summed E-state index contributed by atoms with van der Waals surface area (Å²) in [6, 6.07) is 12.5. The van der Waals surface area contributed by atoms with E-state index in [1.54, 1.807) is 24.3 Å². The molecule has 118 valence electrons. The van der Waals surface area contributed by atoms with Crippen molar-refractivity contribution in [2.45, 2.75) is 19.8 Å². The summed E-state index contributed by atoms with van der Waals surface area (Å²) in [5, 5.41) is 9.73. The van der Waals surface area contributed by atoms with Crippen LogP contribution in [0.3, 0.4) is 0 Å². The molecule has 0 fully saturated rings. The van der Waals surface area contributed by atoms with Crippen molar-refractivity contribution < 1.29 is 13.9 Å². The highest BCUT2D eigenvalue weighted by atomic mass is 35.5. The standard InChI is InChI=1S/C18H16ClNO3/c1-2-3-10-22-18(21)14(12-20)11-16-8-9-17(23-16)13-4-6-15(19)7-5-13/h4-9,11H,2-3,10H2,1H3/b14-11-. The molecular formula is C18H16ClNO3. The van der Waals surface area contributed by atoms with Crippen LogP contribution in [0.15, 0.2) is 46.4 Å². The van der Waals surface area contributed by atoms with Crippen LogP contribution in [0.1, 0.15) is 25.5 Å². The molecule has 4 nitrogen and oxygen atoms in total. The van der Waals surface area contributed by atoms with Crippen LogP contribution in [-0.2, 0) is 9.53 Å². The van der Waals surface area contributed by atoms with Crippen LogP contribution in [0.4, 0.5) is 0 Å². The van der Waals surface area contributed by atoms with E-state index in [0.717, 1.165) is 18.4 Å². The number of nitriles is 1. The Morgan fingerprint density at radius 1 is 1.30 bits per heavy atom. The molecule has 1 aromatic heterocycles. The number of ether oxygens (including phenoxy) is 1. The van der Waals surface area contributed by atoms with E-state index in [1.807, 2.05) is 25.1 Å². The van der Waals surface area contributed by atoms with Crippen LogP contribution in [-0.4, -0.2) is 12.6 Å². The summed E-state index contributed by atoms with van der Waals surface area (Å²) in [6.07, 6.45) is 3.07. The number of carbonyl (C=O) groups excluding carboxylic acids is 1. The zero-order valence-corrected chi connectivity index (χ0v) is 13.5. The Labute approximate surface area is 139 Å². The second-order valence-electron chi connectivity index (χ2n) is 4.87. The minimum Gasteiger partial charge on any atom is -0.462 e. The van der Waals surface area contributed by atoms with Gasteiger partial charge in [0.1, 0.15) is 23.2 Å². The number of furan rings is 1. The minimum absolute atomic E-state index is 0.0851. The van der Waals surface area contributed by atoms with Gasteiger partial charge in [0.25, 0.3) is 0 Å². The molecule has 0 N–H and O–H groups in total. The molecule has 1 heterocycles. The van der Waals surface area contributed by atoms with Gasteiger partial charge in [-0.15, -0.1) is 0 Å². The van der Waals surface area contributed by atoms with E-state index in [2.05, 4.69) is 0 Å². The molecule has 0 spiro atoms. The fourth-order valence-corrected chi connectivity index (χ4v) is 1.99. The molecule has 0 saturated carbocycles. The maximum Gasteiger partial charge on any atom is 0.349 e. The van der Waals surface area contributed by atoms with Crippen LogP contribution in [0.2, 0.25) is 5.02 Å². The number of esters is 1. The molecule has 0 aliphatic carbocycles. The summed E-state index contributed by atoms with van der Waals surface area (Å²) in [7, 11) is 0. The van der Waals surface area contributed by atoms with E-state index in [-0.39, 0.29) is 5.57 Å². The smallest absolute Gasteiger partial charge is 0.349 e. The first-order valence-electron chi connectivity index (χ1n) is 7.28. The summed E-state index contributed by atoms with van der Waals surface area (Å²) in [6.45, 7) is 2.30. The quantitative estimate of drug-likeness (QED) is 0.329. The normalized spacial score (nSPS) is 11.1. The third kappa shape index (κ3) is 4.73. The highest BCUT2D eigenvalue weighted by molar-refractivity contribution is 6.30. The van der Waals surface area contributed by atoms with Crippen molar-refractivity contribution in [3.8, 4) is 17.4 Å². The van der Waals surface area contributed by atoms with Crippen molar-refractivity contribution in [2.24, 2.45) is 0 Å². The molecular weight excluding hydrogens is 314 g/mol. The van der Waals surface area contributed by atoms with Crippen LogP contribution >= 0.6 is 11.6 Å². The van der Waals surface area contributed by atoms with Gasteiger partial charge in [-0.25, -0.2) is 4.79 Å². The predicted octanol–water partition coefficient (Wildman–Crippen LogP) is 4.85. The highest BCUT2D eigenvalue weighted by Crippen LogP contribution is 2.24. The van der Waals surface area contributed by atoms with E-state index >= 15 is 0 Å². The van der Waals surface area contributed by atoms with Crippen LogP contribution < -0.4 is 0 Å². The molecule has 0 aliphatic heterocycles. The summed E-state index contributed by atoms with van der Waals surface area (Å²) < 4.78 is 10.7. The summed E-state index contributed by atoms with van der Waals surface area (Å²) in [5.74, 6) is 0.411. The van der Waals surface area contributed by atoms with E-state index in [1.165, 1.54) is 6.08 Å². The Bertz CT molecular complexity index is 738. The summed E-state index contributed by atoms with van der Waals surface area (Å²) >= 11 is 5.85. The number of halogens is 1. The van der Waals surface area contributed by atoms with E-state index < -0.39 is 5.97 Å². The van der Waals surface area contributed by atoms with Gasteiger partial charge in [0.15, 0.2) is 0 Å². The summed E-state index contributed by atoms with van der Waals surface area (Å²) in [5.41, 5.74) is 0.774. The molecule has 0 radical (unpaired) electrons. The average Bonchev–Trinajstić information content (AvgIpc) is 3.02. The maximum absolute atomic E-state index is 11.8. The second kappa shape index (κ2) is 8.21. The average molecular weight is 330 g/mol. The number of hydrogen-bond acceptors (Lipinski definition) is 4. The van der Waals surface area contributed by atoms with Crippen LogP contribution in [0.5, 0.6) is 0 Å². The van der Waals surface area contributed by atoms with Gasteiger partial charge in [-0.2, -0.15) is 5.26 Å². The van der Waals surface area contributed by atoms with Gasteiger partial charge in [-0.1, -0.05) is 24.9 Å². The van der Waals surface area contributed by atoms with Crippen molar-refractivity contribution >= 4 is 23.6 Å². The van der Waals surface area contributed by atoms with Gasteiger partial charge in [-0.3, -0.25) is 0 Å². The first-order valence-corrected chi connectivity index (χ1v) is 7.66. The molecule has 23 heavy (non-hydrogen) atoms. The van der Waals surface area contributed by atoms with Crippen molar-refractivity contribution in [1.82, 2.24) is 0 Å². The number of nitrogens with zero attached hydrogens (tertiary/aromatic N) is 1. The largest absolute Gasteiger partial charge is 0.462 e. The third-order valence-electron chi connectivity index (χ3n) is 3.11. The van der Waals surface area contributed by atoms with Crippen LogP contribution in [0.25, 0.3) is 17.4 Å². The van der Waals surface area contributed by atoms with Crippen molar-refractivity contribution in [1.29, 1.82) is 5.26 Å². The van der Waals surface area contributed by atoms with Crippen LogP contribution in [0, 0.1) is 11.3 Å². The topological polar surface area (TPSA) is 63.2 Å². The van der Waals surface area contributed by atoms with E-state index in [0.29, 0.717) is 23.2 Å². The van der Waals surface area contributed by atoms with Gasteiger partial charge >= 0.3 is 5.97 Å². The third-order valence-corrected chi connectivity index (χ3v) is 3.37. The molecule has 1 aromatic carbocycles. The first-order chi connectivity index (χ1) is 11.1. The lowest BCUT2D eigenvalue weighted by Gasteiger charge is -2.01. The van der Waals surface area contributed by atoms with Crippen molar-refractivity contribution in [2.75, 3.05) is 6.61 Å². The predicted molar refractivity (Wildman–Crippen MR) is 88.6 cm³/mol. The van der Waals surface area contributed by atoms with Gasteiger partial charge in [0, 0.05) is 16.7 Å². The number of rotatable bonds is 6. The van der Waals surface area contributed by atoms with Gasteiger partial charge in [0.05, 0.1) is 6.61 Å². The molecule has 0 atom stereocenters. The maximum atomic E-state index is 11.8. The molecule has 0 saturated heterocycles. The van der Waals surface area contributed by atoms with E-state index in [9.17, 15) is 4.79 Å². The molecule has 0 aliphatic rings. The number of hydrogen-bond donors (Lipinski definition) is 0. The first kappa shape index (κ1) is 16.9. The zero-order valence-electron chi connectivity index (χ0n) is 12.7. The Morgan fingerprint density at radius 3 is 2.70 bits per heavy atom. The fourth-order valence-electron chi connectivity index (χ4n) is 1.87. The van der Waals surface area contributed by atoms with E-state index in [4.69, 9.17) is 26.0 Å². The van der Waals surface area contributed by atoms with Crippen molar-refractivity contribution in [3.63, 3.8) is 0 Å². The summed E-state index contributed by atoms with van der Waals surface area (Å²) in [4.78, 5) is 11.8. The Morgan fingerprint density at radius 2 is 2.04 bits per heavy atom. The monoisotopic (exact) mass is 329 g/mol. The lowest BCUT2D eigenvalue weighted by molar-refractivity contribution is -0.138. The SMILES string of the molecule is CCCCOC(=O)/C(C#N)=C\c1ccc(-c2ccc(Cl)cc2)o1.